The normalized spacial score (nSPS) is 18.3. The molecule has 3 rings (SSSR count). The van der Waals surface area contributed by atoms with Crippen LogP contribution in [0, 0.1) is 11.8 Å². The Labute approximate surface area is 207 Å². The summed E-state index contributed by atoms with van der Waals surface area (Å²) in [6, 6.07) is 11.3. The van der Waals surface area contributed by atoms with Gasteiger partial charge in [0.15, 0.2) is 0 Å². The molecule has 0 saturated carbocycles. The van der Waals surface area contributed by atoms with Crippen LogP contribution in [0.1, 0.15) is 88.4 Å². The van der Waals surface area contributed by atoms with E-state index in [0.717, 1.165) is 67.6 Å². The lowest BCUT2D eigenvalue weighted by atomic mass is 9.84. The standard InChI is InChI=1S/C29H38F3NO2/c1-19(2)12-14-33-13-6-5-7-27(33)24-17-22(21-8-10-25(11-9-21)29(30,31)32)16-23(18-24)26(28(34)35)15-20(3)4/h8-11,16-20,26-27H,5-7,12-15H2,1-4H3,(H,34,35). The molecular weight excluding hydrogens is 451 g/mol. The predicted molar refractivity (Wildman–Crippen MR) is 134 cm³/mol. The van der Waals surface area contributed by atoms with Gasteiger partial charge in [0.05, 0.1) is 11.5 Å². The Kier molecular flexibility index (Phi) is 9.03. The highest BCUT2D eigenvalue weighted by atomic mass is 19.4. The Balaban J connectivity index is 2.07. The van der Waals surface area contributed by atoms with E-state index in [1.807, 2.05) is 26.0 Å². The van der Waals surface area contributed by atoms with Crippen molar-refractivity contribution in [3.05, 3.63) is 59.2 Å². The number of likely N-dealkylation sites (tertiary alicyclic amines) is 1. The average molecular weight is 490 g/mol. The number of carboxylic acids is 1. The molecule has 0 radical (unpaired) electrons. The summed E-state index contributed by atoms with van der Waals surface area (Å²) in [5.74, 6) is -0.731. The first kappa shape index (κ1) is 27.3. The van der Waals surface area contributed by atoms with Crippen molar-refractivity contribution in [2.24, 2.45) is 11.8 Å². The summed E-state index contributed by atoms with van der Waals surface area (Å²) in [7, 11) is 0. The highest BCUT2D eigenvalue weighted by molar-refractivity contribution is 5.77. The van der Waals surface area contributed by atoms with Gasteiger partial charge in [0.2, 0.25) is 0 Å². The van der Waals surface area contributed by atoms with E-state index in [2.05, 4.69) is 24.8 Å². The van der Waals surface area contributed by atoms with Gasteiger partial charge in [-0.2, -0.15) is 13.2 Å². The Morgan fingerprint density at radius 1 is 1.00 bits per heavy atom. The van der Waals surface area contributed by atoms with E-state index in [4.69, 9.17) is 0 Å². The van der Waals surface area contributed by atoms with Gasteiger partial charge in [-0.1, -0.05) is 58.4 Å². The van der Waals surface area contributed by atoms with E-state index < -0.39 is 23.6 Å². The molecular formula is C29H38F3NO2. The van der Waals surface area contributed by atoms with Gasteiger partial charge in [-0.3, -0.25) is 9.69 Å². The third-order valence-electron chi connectivity index (χ3n) is 6.92. The lowest BCUT2D eigenvalue weighted by Crippen LogP contribution is -2.34. The number of halogens is 3. The van der Waals surface area contributed by atoms with Gasteiger partial charge in [0, 0.05) is 6.04 Å². The van der Waals surface area contributed by atoms with Crippen LogP contribution >= 0.6 is 0 Å². The van der Waals surface area contributed by atoms with Crippen molar-refractivity contribution in [2.45, 2.75) is 77.9 Å². The quantitative estimate of drug-likeness (QED) is 0.386. The zero-order valence-corrected chi connectivity index (χ0v) is 21.2. The second-order valence-corrected chi connectivity index (χ2v) is 10.7. The minimum atomic E-state index is -4.39. The fraction of sp³-hybridized carbons (Fsp3) is 0.552. The molecule has 6 heteroatoms. The second-order valence-electron chi connectivity index (χ2n) is 10.7. The first-order valence-electron chi connectivity index (χ1n) is 12.7. The highest BCUT2D eigenvalue weighted by Gasteiger charge is 2.31. The molecule has 192 valence electrons. The second kappa shape index (κ2) is 11.6. The number of hydrogen-bond acceptors (Lipinski definition) is 2. The average Bonchev–Trinajstić information content (AvgIpc) is 2.80. The lowest BCUT2D eigenvalue weighted by Gasteiger charge is -2.37. The maximum atomic E-state index is 13.1. The molecule has 0 bridgehead atoms. The number of piperidine rings is 1. The highest BCUT2D eigenvalue weighted by Crippen LogP contribution is 2.38. The summed E-state index contributed by atoms with van der Waals surface area (Å²) in [6.45, 7) is 10.4. The van der Waals surface area contributed by atoms with E-state index in [1.165, 1.54) is 12.1 Å². The maximum absolute atomic E-state index is 13.1. The summed E-state index contributed by atoms with van der Waals surface area (Å²) < 4.78 is 39.3. The van der Waals surface area contributed by atoms with Gasteiger partial charge in [0.25, 0.3) is 0 Å². The van der Waals surface area contributed by atoms with Crippen LogP contribution in [0.3, 0.4) is 0 Å². The fourth-order valence-corrected chi connectivity index (χ4v) is 5.00. The van der Waals surface area contributed by atoms with Crippen LogP contribution in [0.5, 0.6) is 0 Å². The number of carbonyl (C=O) groups is 1. The molecule has 2 aromatic carbocycles. The van der Waals surface area contributed by atoms with Crippen molar-refractivity contribution in [3.63, 3.8) is 0 Å². The number of nitrogens with zero attached hydrogens (tertiary/aromatic N) is 1. The van der Waals surface area contributed by atoms with E-state index in [-0.39, 0.29) is 12.0 Å². The Hall–Kier alpha value is -2.34. The van der Waals surface area contributed by atoms with E-state index in [9.17, 15) is 23.1 Å². The van der Waals surface area contributed by atoms with E-state index in [1.54, 1.807) is 0 Å². The molecule has 1 saturated heterocycles. The van der Waals surface area contributed by atoms with Gasteiger partial charge in [0.1, 0.15) is 0 Å². The van der Waals surface area contributed by atoms with Gasteiger partial charge < -0.3 is 5.11 Å². The molecule has 3 nitrogen and oxygen atoms in total. The van der Waals surface area contributed by atoms with Crippen LogP contribution in [-0.4, -0.2) is 29.1 Å². The lowest BCUT2D eigenvalue weighted by molar-refractivity contribution is -0.139. The fourth-order valence-electron chi connectivity index (χ4n) is 5.00. The molecule has 0 aliphatic carbocycles. The maximum Gasteiger partial charge on any atom is 0.416 e. The van der Waals surface area contributed by atoms with Crippen molar-refractivity contribution >= 4 is 5.97 Å². The summed E-state index contributed by atoms with van der Waals surface area (Å²) in [5.41, 5.74) is 2.55. The van der Waals surface area contributed by atoms with Crippen molar-refractivity contribution in [1.29, 1.82) is 0 Å². The Morgan fingerprint density at radius 3 is 2.26 bits per heavy atom. The molecule has 1 fully saturated rings. The Morgan fingerprint density at radius 2 is 1.69 bits per heavy atom. The van der Waals surface area contributed by atoms with Crippen molar-refractivity contribution in [3.8, 4) is 11.1 Å². The third-order valence-corrected chi connectivity index (χ3v) is 6.92. The summed E-state index contributed by atoms with van der Waals surface area (Å²) in [6.07, 6.45) is 0.453. The zero-order chi connectivity index (χ0) is 25.8. The molecule has 1 aliphatic heterocycles. The van der Waals surface area contributed by atoms with Crippen LogP contribution in [0.2, 0.25) is 0 Å². The molecule has 2 atom stereocenters. The van der Waals surface area contributed by atoms with Gasteiger partial charge in [-0.05, 0) is 91.1 Å². The first-order valence-corrected chi connectivity index (χ1v) is 12.7. The van der Waals surface area contributed by atoms with Crippen molar-refractivity contribution < 1.29 is 23.1 Å². The van der Waals surface area contributed by atoms with Crippen LogP contribution in [0.25, 0.3) is 11.1 Å². The molecule has 1 aliphatic rings. The molecule has 0 spiro atoms. The monoisotopic (exact) mass is 489 g/mol. The van der Waals surface area contributed by atoms with Crippen molar-refractivity contribution in [1.82, 2.24) is 4.90 Å². The third kappa shape index (κ3) is 7.33. The predicted octanol–water partition coefficient (Wildman–Crippen LogP) is 8.16. The smallest absolute Gasteiger partial charge is 0.416 e. The van der Waals surface area contributed by atoms with Crippen LogP contribution in [-0.2, 0) is 11.0 Å². The van der Waals surface area contributed by atoms with E-state index >= 15 is 0 Å². The number of aliphatic carboxylic acids is 1. The minimum Gasteiger partial charge on any atom is -0.481 e. The van der Waals surface area contributed by atoms with Gasteiger partial charge in [-0.25, -0.2) is 0 Å². The topological polar surface area (TPSA) is 40.5 Å². The zero-order valence-electron chi connectivity index (χ0n) is 21.2. The molecule has 1 heterocycles. The summed E-state index contributed by atoms with van der Waals surface area (Å²) in [4.78, 5) is 14.7. The number of carboxylic acid groups (broad SMARTS) is 1. The van der Waals surface area contributed by atoms with Crippen LogP contribution in [0.4, 0.5) is 13.2 Å². The van der Waals surface area contributed by atoms with Gasteiger partial charge >= 0.3 is 12.1 Å². The first-order chi connectivity index (χ1) is 16.5. The molecule has 35 heavy (non-hydrogen) atoms. The number of hydrogen-bond donors (Lipinski definition) is 1. The van der Waals surface area contributed by atoms with Gasteiger partial charge in [-0.15, -0.1) is 0 Å². The molecule has 1 N–H and O–H groups in total. The number of alkyl halides is 3. The minimum absolute atomic E-state index is 0.184. The molecule has 2 aromatic rings. The molecule has 0 aromatic heterocycles. The van der Waals surface area contributed by atoms with E-state index in [0.29, 0.717) is 17.9 Å². The Bertz CT molecular complexity index is 982. The largest absolute Gasteiger partial charge is 0.481 e. The summed E-state index contributed by atoms with van der Waals surface area (Å²) >= 11 is 0. The summed E-state index contributed by atoms with van der Waals surface area (Å²) in [5, 5.41) is 10.0. The van der Waals surface area contributed by atoms with Crippen LogP contribution < -0.4 is 0 Å². The molecule has 0 amide bonds. The SMILES string of the molecule is CC(C)CCN1CCCCC1c1cc(-c2ccc(C(F)(F)F)cc2)cc(C(CC(C)C)C(=O)O)c1. The molecule has 2 unspecified atom stereocenters. The number of benzene rings is 2. The number of rotatable bonds is 9. The van der Waals surface area contributed by atoms with Crippen molar-refractivity contribution in [2.75, 3.05) is 13.1 Å². The van der Waals surface area contributed by atoms with Crippen LogP contribution in [0.15, 0.2) is 42.5 Å².